The van der Waals surface area contributed by atoms with Crippen LogP contribution in [0.1, 0.15) is 32.3 Å². The molecule has 4 nitrogen and oxygen atoms in total. The van der Waals surface area contributed by atoms with Gasteiger partial charge in [0.25, 0.3) is 5.91 Å². The van der Waals surface area contributed by atoms with Crippen LogP contribution in [-0.2, 0) is 4.79 Å². The Morgan fingerprint density at radius 2 is 2.20 bits per heavy atom. The van der Waals surface area contributed by atoms with Gasteiger partial charge in [-0.2, -0.15) is 5.10 Å². The van der Waals surface area contributed by atoms with Crippen molar-refractivity contribution in [2.45, 2.75) is 39.7 Å². The van der Waals surface area contributed by atoms with Gasteiger partial charge in [0.15, 0.2) is 6.10 Å². The van der Waals surface area contributed by atoms with E-state index >= 15 is 0 Å². The molecule has 2 rings (SSSR count). The lowest BCUT2D eigenvalue weighted by Gasteiger charge is -2.15. The van der Waals surface area contributed by atoms with Crippen LogP contribution in [0.25, 0.3) is 0 Å². The molecule has 0 spiro atoms. The van der Waals surface area contributed by atoms with Gasteiger partial charge in [0.05, 0.1) is 0 Å². The van der Waals surface area contributed by atoms with Crippen LogP contribution in [0.4, 0.5) is 0 Å². The molecule has 1 fully saturated rings. The van der Waals surface area contributed by atoms with Gasteiger partial charge < -0.3 is 4.74 Å². The van der Waals surface area contributed by atoms with E-state index < -0.39 is 6.10 Å². The summed E-state index contributed by atoms with van der Waals surface area (Å²) in [5, 5.41) is 4.75. The predicted molar refractivity (Wildman–Crippen MR) is 80.3 cm³/mol. The van der Waals surface area contributed by atoms with Crippen LogP contribution >= 0.6 is 11.6 Å². The Bertz CT molecular complexity index is 539. The third-order valence-corrected chi connectivity index (χ3v) is 3.56. The molecule has 1 atom stereocenters. The van der Waals surface area contributed by atoms with Crippen LogP contribution in [0.3, 0.4) is 0 Å². The molecular weight excluding hydrogens is 276 g/mol. The molecule has 1 unspecified atom stereocenters. The normalized spacial score (nSPS) is 16.7. The van der Waals surface area contributed by atoms with Gasteiger partial charge in [-0.3, -0.25) is 4.79 Å². The highest BCUT2D eigenvalue weighted by molar-refractivity contribution is 6.30. The van der Waals surface area contributed by atoms with Crippen molar-refractivity contribution in [2.75, 3.05) is 0 Å². The summed E-state index contributed by atoms with van der Waals surface area (Å²) in [5.74, 6) is 0.948. The minimum Gasteiger partial charge on any atom is -0.481 e. The molecule has 0 bridgehead atoms. The zero-order chi connectivity index (χ0) is 14.7. The lowest BCUT2D eigenvalue weighted by Crippen LogP contribution is -2.34. The number of hydrazone groups is 1. The van der Waals surface area contributed by atoms with Gasteiger partial charge in [-0.05, 0) is 63.3 Å². The van der Waals surface area contributed by atoms with Gasteiger partial charge in [-0.25, -0.2) is 5.43 Å². The maximum absolute atomic E-state index is 11.9. The molecular formula is C15H19ClN2O2. The first kappa shape index (κ1) is 14.9. The maximum atomic E-state index is 11.9. The van der Waals surface area contributed by atoms with Crippen molar-refractivity contribution < 1.29 is 9.53 Å². The SMILES string of the molecule is CC(=NNC(=O)C(C)Oc1ccc(Cl)cc1C)C1CC1. The number of nitrogens with one attached hydrogen (secondary N) is 1. The summed E-state index contributed by atoms with van der Waals surface area (Å²) in [4.78, 5) is 11.9. The molecule has 108 valence electrons. The Hall–Kier alpha value is -1.55. The molecule has 1 aliphatic carbocycles. The molecule has 1 N–H and O–H groups in total. The molecule has 0 saturated heterocycles. The number of benzene rings is 1. The number of rotatable bonds is 5. The summed E-state index contributed by atoms with van der Waals surface area (Å²) < 4.78 is 5.63. The fourth-order valence-corrected chi connectivity index (χ4v) is 2.04. The Balaban J connectivity index is 1.91. The largest absolute Gasteiger partial charge is 0.481 e. The summed E-state index contributed by atoms with van der Waals surface area (Å²) >= 11 is 5.88. The monoisotopic (exact) mass is 294 g/mol. The van der Waals surface area contributed by atoms with Gasteiger partial charge in [-0.1, -0.05) is 11.6 Å². The molecule has 1 aliphatic rings. The van der Waals surface area contributed by atoms with E-state index in [4.69, 9.17) is 16.3 Å². The smallest absolute Gasteiger partial charge is 0.280 e. The fourth-order valence-electron chi connectivity index (χ4n) is 1.82. The zero-order valence-electron chi connectivity index (χ0n) is 11.9. The molecule has 0 radical (unpaired) electrons. The van der Waals surface area contributed by atoms with Gasteiger partial charge >= 0.3 is 0 Å². The van der Waals surface area contributed by atoms with Gasteiger partial charge in [0.1, 0.15) is 5.75 Å². The molecule has 1 aromatic rings. The number of aryl methyl sites for hydroxylation is 1. The fraction of sp³-hybridized carbons (Fsp3) is 0.467. The van der Waals surface area contributed by atoms with Crippen LogP contribution < -0.4 is 10.2 Å². The first-order valence-corrected chi connectivity index (χ1v) is 7.12. The van der Waals surface area contributed by atoms with Gasteiger partial charge in [0.2, 0.25) is 0 Å². The second kappa shape index (κ2) is 6.27. The predicted octanol–water partition coefficient (Wildman–Crippen LogP) is 3.32. The van der Waals surface area contributed by atoms with E-state index in [1.807, 2.05) is 13.8 Å². The van der Waals surface area contributed by atoms with E-state index in [0.717, 1.165) is 11.3 Å². The highest BCUT2D eigenvalue weighted by Gasteiger charge is 2.25. The molecule has 0 aliphatic heterocycles. The van der Waals surface area contributed by atoms with Crippen molar-refractivity contribution in [2.24, 2.45) is 11.0 Å². The second-order valence-corrected chi connectivity index (χ2v) is 5.61. The molecule has 5 heteroatoms. The molecule has 0 aromatic heterocycles. The number of halogens is 1. The van der Waals surface area contributed by atoms with E-state index in [1.54, 1.807) is 25.1 Å². The average molecular weight is 295 g/mol. The van der Waals surface area contributed by atoms with Crippen LogP contribution in [0.5, 0.6) is 5.75 Å². The Kier molecular flexibility index (Phi) is 4.65. The van der Waals surface area contributed by atoms with Crippen LogP contribution in [0.15, 0.2) is 23.3 Å². The van der Waals surface area contributed by atoms with Crippen molar-refractivity contribution in [1.29, 1.82) is 0 Å². The molecule has 1 amide bonds. The summed E-state index contributed by atoms with van der Waals surface area (Å²) in [6, 6.07) is 5.31. The summed E-state index contributed by atoms with van der Waals surface area (Å²) in [6.45, 7) is 5.53. The molecule has 20 heavy (non-hydrogen) atoms. The Morgan fingerprint density at radius 1 is 1.50 bits per heavy atom. The van der Waals surface area contributed by atoms with Crippen molar-refractivity contribution in [3.63, 3.8) is 0 Å². The molecule has 1 saturated carbocycles. The number of carbonyl (C=O) groups is 1. The van der Waals surface area contributed by atoms with E-state index in [0.29, 0.717) is 16.7 Å². The first-order valence-electron chi connectivity index (χ1n) is 6.74. The van der Waals surface area contributed by atoms with E-state index in [2.05, 4.69) is 10.5 Å². The van der Waals surface area contributed by atoms with Crippen molar-refractivity contribution in [1.82, 2.24) is 5.43 Å². The highest BCUT2D eigenvalue weighted by Crippen LogP contribution is 2.30. The number of carbonyl (C=O) groups excluding carboxylic acids is 1. The summed E-state index contributed by atoms with van der Waals surface area (Å²) in [5.41, 5.74) is 4.43. The van der Waals surface area contributed by atoms with Gasteiger partial charge in [-0.15, -0.1) is 0 Å². The van der Waals surface area contributed by atoms with Crippen molar-refractivity contribution in [3.05, 3.63) is 28.8 Å². The highest BCUT2D eigenvalue weighted by atomic mass is 35.5. The van der Waals surface area contributed by atoms with E-state index in [1.165, 1.54) is 12.8 Å². The topological polar surface area (TPSA) is 50.7 Å². The number of amides is 1. The number of hydrogen-bond acceptors (Lipinski definition) is 3. The van der Waals surface area contributed by atoms with Crippen LogP contribution in [0.2, 0.25) is 5.02 Å². The number of ether oxygens (including phenoxy) is 1. The van der Waals surface area contributed by atoms with Crippen molar-refractivity contribution in [3.8, 4) is 5.75 Å². The number of hydrogen-bond donors (Lipinski definition) is 1. The minimum atomic E-state index is -0.606. The molecule has 0 heterocycles. The van der Waals surface area contributed by atoms with E-state index in [-0.39, 0.29) is 5.91 Å². The quantitative estimate of drug-likeness (QED) is 0.669. The van der Waals surface area contributed by atoms with Crippen molar-refractivity contribution >= 4 is 23.2 Å². The van der Waals surface area contributed by atoms with E-state index in [9.17, 15) is 4.79 Å². The maximum Gasteiger partial charge on any atom is 0.280 e. The standard InChI is InChI=1S/C15H19ClN2O2/c1-9-8-13(16)6-7-14(9)20-11(3)15(19)18-17-10(2)12-4-5-12/h6-8,11-12H,4-5H2,1-3H3,(H,18,19). The lowest BCUT2D eigenvalue weighted by atomic mass is 10.2. The lowest BCUT2D eigenvalue weighted by molar-refractivity contribution is -0.127. The molecule has 1 aromatic carbocycles. The second-order valence-electron chi connectivity index (χ2n) is 5.17. The third kappa shape index (κ3) is 3.97. The minimum absolute atomic E-state index is 0.251. The average Bonchev–Trinajstić information content (AvgIpc) is 3.23. The first-order chi connectivity index (χ1) is 9.47. The number of nitrogens with zero attached hydrogens (tertiary/aromatic N) is 1. The Labute approximate surface area is 124 Å². The summed E-state index contributed by atoms with van der Waals surface area (Å²) in [7, 11) is 0. The zero-order valence-corrected chi connectivity index (χ0v) is 12.7. The third-order valence-electron chi connectivity index (χ3n) is 3.32. The van der Waals surface area contributed by atoms with Crippen LogP contribution in [-0.4, -0.2) is 17.7 Å². The van der Waals surface area contributed by atoms with Crippen LogP contribution in [0, 0.1) is 12.8 Å². The summed E-state index contributed by atoms with van der Waals surface area (Å²) in [6.07, 6.45) is 1.73. The Morgan fingerprint density at radius 3 is 2.80 bits per heavy atom. The van der Waals surface area contributed by atoms with Gasteiger partial charge in [0, 0.05) is 10.7 Å².